The summed E-state index contributed by atoms with van der Waals surface area (Å²) in [5.74, 6) is 0.437. The highest BCUT2D eigenvalue weighted by molar-refractivity contribution is 7.90. The van der Waals surface area contributed by atoms with Crippen LogP contribution < -0.4 is 10.0 Å². The number of aliphatic imine (C=N–C) groups is 1. The lowest BCUT2D eigenvalue weighted by Gasteiger charge is -2.21. The lowest BCUT2D eigenvalue weighted by molar-refractivity contribution is -0.123. The molecule has 1 unspecified atom stereocenters. The first kappa shape index (κ1) is 19.9. The Balaban J connectivity index is 1.83. The van der Waals surface area contributed by atoms with E-state index in [4.69, 9.17) is 0 Å². The van der Waals surface area contributed by atoms with E-state index in [2.05, 4.69) is 15.0 Å². The van der Waals surface area contributed by atoms with Crippen LogP contribution in [0.5, 0.6) is 0 Å². The molecule has 1 amide bonds. The molecule has 0 bridgehead atoms. The van der Waals surface area contributed by atoms with Gasteiger partial charge in [-0.3, -0.25) is 14.5 Å². The summed E-state index contributed by atoms with van der Waals surface area (Å²) in [7, 11) is -3.60. The van der Waals surface area contributed by atoms with E-state index in [1.165, 1.54) is 12.8 Å². The zero-order valence-electron chi connectivity index (χ0n) is 16.1. The third-order valence-corrected chi connectivity index (χ3v) is 6.54. The number of amidine groups is 1. The average Bonchev–Trinajstić information content (AvgIpc) is 2.78. The molecule has 3 rings (SSSR count). The van der Waals surface area contributed by atoms with Gasteiger partial charge in [0.2, 0.25) is 5.91 Å². The fraction of sp³-hybridized carbons (Fsp3) is 0.600. The van der Waals surface area contributed by atoms with Crippen LogP contribution in [0.4, 0.5) is 0 Å². The SMILES string of the molecule is CC(C)CC(N=C1NS(=O)(=O)c2ccccc21)C(=O)NC1CCCCCC1. The first-order chi connectivity index (χ1) is 12.9. The Morgan fingerprint density at radius 1 is 1.19 bits per heavy atom. The number of sulfonamides is 1. The summed E-state index contributed by atoms with van der Waals surface area (Å²) in [6.45, 7) is 4.08. The van der Waals surface area contributed by atoms with Crippen LogP contribution >= 0.6 is 0 Å². The molecule has 7 heteroatoms. The van der Waals surface area contributed by atoms with Crippen molar-refractivity contribution in [2.75, 3.05) is 0 Å². The number of amides is 1. The first-order valence-electron chi connectivity index (χ1n) is 9.87. The molecule has 6 nitrogen and oxygen atoms in total. The Hall–Kier alpha value is -1.89. The van der Waals surface area contributed by atoms with Gasteiger partial charge in [0.1, 0.15) is 11.9 Å². The molecular formula is C20H29N3O3S. The van der Waals surface area contributed by atoms with Crippen LogP contribution in [-0.2, 0) is 14.8 Å². The molecule has 1 fully saturated rings. The van der Waals surface area contributed by atoms with Crippen molar-refractivity contribution in [1.82, 2.24) is 10.0 Å². The molecule has 1 saturated carbocycles. The highest BCUT2D eigenvalue weighted by atomic mass is 32.2. The fourth-order valence-electron chi connectivity index (χ4n) is 3.77. The van der Waals surface area contributed by atoms with Gasteiger partial charge in [0.25, 0.3) is 10.0 Å². The van der Waals surface area contributed by atoms with E-state index in [0.717, 1.165) is 25.7 Å². The van der Waals surface area contributed by atoms with Gasteiger partial charge < -0.3 is 5.32 Å². The van der Waals surface area contributed by atoms with Crippen LogP contribution in [0.25, 0.3) is 0 Å². The maximum absolute atomic E-state index is 12.9. The van der Waals surface area contributed by atoms with Gasteiger partial charge in [-0.05, 0) is 37.3 Å². The number of carbonyl (C=O) groups excluding carboxylic acids is 1. The van der Waals surface area contributed by atoms with Crippen LogP contribution in [0.15, 0.2) is 34.2 Å². The number of carbonyl (C=O) groups is 1. The number of hydrogen-bond donors (Lipinski definition) is 2. The minimum atomic E-state index is -3.60. The second-order valence-corrected chi connectivity index (χ2v) is 9.57. The Kier molecular flexibility index (Phi) is 6.19. The monoisotopic (exact) mass is 391 g/mol. The molecule has 27 heavy (non-hydrogen) atoms. The summed E-state index contributed by atoms with van der Waals surface area (Å²) in [6.07, 6.45) is 7.32. The molecule has 2 N–H and O–H groups in total. The third kappa shape index (κ3) is 4.89. The lowest BCUT2D eigenvalue weighted by atomic mass is 10.0. The summed E-state index contributed by atoms with van der Waals surface area (Å²) in [5, 5.41) is 3.16. The largest absolute Gasteiger partial charge is 0.352 e. The average molecular weight is 392 g/mol. The number of rotatable bonds is 5. The summed E-state index contributed by atoms with van der Waals surface area (Å²) < 4.78 is 27.1. The Bertz CT molecular complexity index is 810. The second-order valence-electron chi connectivity index (χ2n) is 7.92. The smallest absolute Gasteiger partial charge is 0.263 e. The maximum Gasteiger partial charge on any atom is 0.263 e. The van der Waals surface area contributed by atoms with Crippen LogP contribution in [0.1, 0.15) is 64.4 Å². The zero-order valence-corrected chi connectivity index (χ0v) is 16.9. The Labute approximate surface area is 161 Å². The molecule has 1 aliphatic carbocycles. The van der Waals surface area contributed by atoms with Crippen molar-refractivity contribution < 1.29 is 13.2 Å². The summed E-state index contributed by atoms with van der Waals surface area (Å²) in [4.78, 5) is 17.7. The Morgan fingerprint density at radius 3 is 2.52 bits per heavy atom. The van der Waals surface area contributed by atoms with E-state index in [9.17, 15) is 13.2 Å². The molecule has 0 spiro atoms. The van der Waals surface area contributed by atoms with Crippen molar-refractivity contribution in [2.24, 2.45) is 10.9 Å². The number of fused-ring (bicyclic) bond motifs is 1. The molecule has 0 radical (unpaired) electrons. The lowest BCUT2D eigenvalue weighted by Crippen LogP contribution is -2.42. The molecule has 1 aromatic carbocycles. The minimum absolute atomic E-state index is 0.105. The molecule has 0 saturated heterocycles. The van der Waals surface area contributed by atoms with Crippen LogP contribution in [0.2, 0.25) is 0 Å². The van der Waals surface area contributed by atoms with Gasteiger partial charge in [0.15, 0.2) is 0 Å². The maximum atomic E-state index is 12.9. The fourth-order valence-corrected chi connectivity index (χ4v) is 5.01. The predicted molar refractivity (Wildman–Crippen MR) is 106 cm³/mol. The quantitative estimate of drug-likeness (QED) is 0.757. The molecular weight excluding hydrogens is 362 g/mol. The van der Waals surface area contributed by atoms with E-state index in [0.29, 0.717) is 12.0 Å². The standard InChI is InChI=1S/C20H29N3O3S/c1-14(2)13-17(20(24)21-15-9-5-3-4-6-10-15)22-19-16-11-7-8-12-18(16)27(25,26)23-19/h7-8,11-12,14-15,17H,3-6,9-10,13H2,1-2H3,(H,21,24)(H,22,23). The van der Waals surface area contributed by atoms with Gasteiger partial charge in [0.05, 0.1) is 4.90 Å². The van der Waals surface area contributed by atoms with Gasteiger partial charge in [-0.1, -0.05) is 51.7 Å². The van der Waals surface area contributed by atoms with E-state index < -0.39 is 16.1 Å². The zero-order chi connectivity index (χ0) is 19.4. The number of nitrogens with one attached hydrogen (secondary N) is 2. The van der Waals surface area contributed by atoms with Crippen molar-refractivity contribution in [3.8, 4) is 0 Å². The number of benzene rings is 1. The van der Waals surface area contributed by atoms with Crippen LogP contribution in [-0.4, -0.2) is 32.2 Å². The van der Waals surface area contributed by atoms with E-state index in [-0.39, 0.29) is 28.6 Å². The topological polar surface area (TPSA) is 87.6 Å². The molecule has 148 valence electrons. The molecule has 1 atom stereocenters. The second kappa shape index (κ2) is 8.42. The normalized spacial score (nSPS) is 22.1. The molecule has 1 heterocycles. The molecule has 2 aliphatic rings. The molecule has 1 aromatic rings. The van der Waals surface area contributed by atoms with Crippen molar-refractivity contribution >= 4 is 21.8 Å². The number of nitrogens with zero attached hydrogens (tertiary/aromatic N) is 1. The van der Waals surface area contributed by atoms with Gasteiger partial charge in [-0.15, -0.1) is 0 Å². The van der Waals surface area contributed by atoms with Gasteiger partial charge >= 0.3 is 0 Å². The third-order valence-electron chi connectivity index (χ3n) is 5.15. The van der Waals surface area contributed by atoms with Gasteiger partial charge in [-0.2, -0.15) is 0 Å². The van der Waals surface area contributed by atoms with Crippen molar-refractivity contribution in [2.45, 2.75) is 75.8 Å². The van der Waals surface area contributed by atoms with Crippen LogP contribution in [0, 0.1) is 5.92 Å². The molecule has 0 aromatic heterocycles. The van der Waals surface area contributed by atoms with Gasteiger partial charge in [-0.25, -0.2) is 8.42 Å². The highest BCUT2D eigenvalue weighted by Crippen LogP contribution is 2.24. The predicted octanol–water partition coefficient (Wildman–Crippen LogP) is 2.98. The van der Waals surface area contributed by atoms with Crippen molar-refractivity contribution in [1.29, 1.82) is 0 Å². The van der Waals surface area contributed by atoms with Gasteiger partial charge in [0, 0.05) is 11.6 Å². The van der Waals surface area contributed by atoms with Crippen LogP contribution in [0.3, 0.4) is 0 Å². The van der Waals surface area contributed by atoms with Crippen molar-refractivity contribution in [3.05, 3.63) is 29.8 Å². The first-order valence-corrected chi connectivity index (χ1v) is 11.4. The van der Waals surface area contributed by atoms with E-state index >= 15 is 0 Å². The summed E-state index contributed by atoms with van der Waals surface area (Å²) in [6, 6.07) is 6.34. The van der Waals surface area contributed by atoms with E-state index in [1.807, 2.05) is 13.8 Å². The Morgan fingerprint density at radius 2 is 1.85 bits per heavy atom. The summed E-state index contributed by atoms with van der Waals surface area (Å²) >= 11 is 0. The summed E-state index contributed by atoms with van der Waals surface area (Å²) in [5.41, 5.74) is 0.536. The van der Waals surface area contributed by atoms with Crippen molar-refractivity contribution in [3.63, 3.8) is 0 Å². The highest BCUT2D eigenvalue weighted by Gasteiger charge is 2.32. The molecule has 1 aliphatic heterocycles. The minimum Gasteiger partial charge on any atom is -0.352 e. The van der Waals surface area contributed by atoms with E-state index in [1.54, 1.807) is 24.3 Å². The number of hydrogen-bond acceptors (Lipinski definition) is 4.